The highest BCUT2D eigenvalue weighted by molar-refractivity contribution is 7.09. The first-order valence-electron chi connectivity index (χ1n) is 6.21. The zero-order valence-electron chi connectivity index (χ0n) is 11.1. The van der Waals surface area contributed by atoms with E-state index in [0.717, 1.165) is 22.7 Å². The molecule has 1 unspecified atom stereocenters. The number of likely N-dealkylation sites (N-methyl/N-ethyl adjacent to an activating group) is 1. The SMILES string of the molecule is CC(Cc1cccs1)N(C)c1ccc(CCl)cc1Cl. The summed E-state index contributed by atoms with van der Waals surface area (Å²) in [7, 11) is 2.08. The van der Waals surface area contributed by atoms with E-state index in [2.05, 4.69) is 36.4 Å². The largest absolute Gasteiger partial charge is 0.370 e. The van der Waals surface area contributed by atoms with Crippen molar-refractivity contribution in [1.82, 2.24) is 0 Å². The van der Waals surface area contributed by atoms with Crippen LogP contribution in [0.1, 0.15) is 17.4 Å². The number of rotatable bonds is 5. The highest BCUT2D eigenvalue weighted by atomic mass is 35.5. The van der Waals surface area contributed by atoms with Crippen LogP contribution in [0, 0.1) is 0 Å². The van der Waals surface area contributed by atoms with E-state index >= 15 is 0 Å². The van der Waals surface area contributed by atoms with Crippen molar-refractivity contribution < 1.29 is 0 Å². The van der Waals surface area contributed by atoms with E-state index in [0.29, 0.717) is 11.9 Å². The van der Waals surface area contributed by atoms with Gasteiger partial charge in [0.2, 0.25) is 0 Å². The zero-order chi connectivity index (χ0) is 13.8. The first kappa shape index (κ1) is 14.7. The van der Waals surface area contributed by atoms with Crippen LogP contribution < -0.4 is 4.90 Å². The number of nitrogens with zero attached hydrogens (tertiary/aromatic N) is 1. The van der Waals surface area contributed by atoms with Crippen LogP contribution >= 0.6 is 34.5 Å². The average molecular weight is 314 g/mol. The lowest BCUT2D eigenvalue weighted by Crippen LogP contribution is -2.30. The molecule has 4 heteroatoms. The predicted octanol–water partition coefficient (Wildman–Crippen LogP) is 5.21. The Morgan fingerprint density at radius 3 is 2.68 bits per heavy atom. The lowest BCUT2D eigenvalue weighted by Gasteiger charge is -2.28. The molecule has 2 aromatic rings. The van der Waals surface area contributed by atoms with E-state index < -0.39 is 0 Å². The Kier molecular flexibility index (Phi) is 5.14. The molecule has 0 spiro atoms. The van der Waals surface area contributed by atoms with Gasteiger partial charge in [-0.3, -0.25) is 0 Å². The summed E-state index contributed by atoms with van der Waals surface area (Å²) in [4.78, 5) is 3.62. The van der Waals surface area contributed by atoms with Gasteiger partial charge < -0.3 is 4.90 Å². The van der Waals surface area contributed by atoms with Crippen LogP contribution in [0.15, 0.2) is 35.7 Å². The van der Waals surface area contributed by atoms with Gasteiger partial charge >= 0.3 is 0 Å². The molecule has 0 aliphatic rings. The molecule has 1 nitrogen and oxygen atoms in total. The minimum atomic E-state index is 0.401. The van der Waals surface area contributed by atoms with E-state index in [1.54, 1.807) is 11.3 Å². The van der Waals surface area contributed by atoms with Gasteiger partial charge in [0, 0.05) is 30.3 Å². The van der Waals surface area contributed by atoms with Crippen LogP contribution in [-0.2, 0) is 12.3 Å². The Balaban J connectivity index is 2.12. The fourth-order valence-electron chi connectivity index (χ4n) is 2.01. The molecule has 0 radical (unpaired) electrons. The van der Waals surface area contributed by atoms with Gasteiger partial charge in [0.05, 0.1) is 10.7 Å². The number of halogens is 2. The third-order valence-corrected chi connectivity index (χ3v) is 4.79. The van der Waals surface area contributed by atoms with E-state index in [9.17, 15) is 0 Å². The fourth-order valence-corrected chi connectivity index (χ4v) is 3.34. The molecule has 0 fully saturated rings. The van der Waals surface area contributed by atoms with Crippen LogP contribution in [0.25, 0.3) is 0 Å². The Morgan fingerprint density at radius 2 is 2.11 bits per heavy atom. The summed E-state index contributed by atoms with van der Waals surface area (Å²) in [5.41, 5.74) is 2.11. The van der Waals surface area contributed by atoms with E-state index in [4.69, 9.17) is 23.2 Å². The molecule has 0 N–H and O–H groups in total. The predicted molar refractivity (Wildman–Crippen MR) is 86.9 cm³/mol. The number of alkyl halides is 1. The minimum Gasteiger partial charge on any atom is -0.370 e. The van der Waals surface area contributed by atoms with Crippen LogP contribution in [0.3, 0.4) is 0 Å². The number of anilines is 1. The standard InChI is InChI=1S/C15H17Cl2NS/c1-11(8-13-4-3-7-19-13)18(2)15-6-5-12(10-16)9-14(15)17/h3-7,9,11H,8,10H2,1-2H3. The maximum atomic E-state index is 6.33. The van der Waals surface area contributed by atoms with Crippen molar-refractivity contribution in [3.05, 3.63) is 51.2 Å². The Labute approximate surface area is 128 Å². The van der Waals surface area contributed by atoms with Crippen LogP contribution in [-0.4, -0.2) is 13.1 Å². The molecular weight excluding hydrogens is 297 g/mol. The zero-order valence-corrected chi connectivity index (χ0v) is 13.4. The summed E-state index contributed by atoms with van der Waals surface area (Å²) in [6.45, 7) is 2.21. The summed E-state index contributed by atoms with van der Waals surface area (Å²) in [5.74, 6) is 0.495. The van der Waals surface area contributed by atoms with Gasteiger partial charge in [-0.25, -0.2) is 0 Å². The van der Waals surface area contributed by atoms with E-state index in [1.807, 2.05) is 18.2 Å². The van der Waals surface area contributed by atoms with Crippen molar-refractivity contribution in [2.24, 2.45) is 0 Å². The topological polar surface area (TPSA) is 3.24 Å². The van der Waals surface area contributed by atoms with Gasteiger partial charge in [-0.1, -0.05) is 23.7 Å². The molecule has 0 saturated heterocycles. The Hall–Kier alpha value is -0.700. The normalized spacial score (nSPS) is 12.4. The molecule has 0 aliphatic carbocycles. The Bertz CT molecular complexity index is 525. The molecule has 0 saturated carbocycles. The van der Waals surface area contributed by atoms with Gasteiger partial charge in [0.15, 0.2) is 0 Å². The van der Waals surface area contributed by atoms with Crippen molar-refractivity contribution in [3.63, 3.8) is 0 Å². The molecule has 1 aromatic carbocycles. The van der Waals surface area contributed by atoms with E-state index in [-0.39, 0.29) is 0 Å². The summed E-state index contributed by atoms with van der Waals surface area (Å²) in [6.07, 6.45) is 1.03. The molecule has 1 heterocycles. The molecule has 0 amide bonds. The summed E-state index contributed by atoms with van der Waals surface area (Å²) < 4.78 is 0. The summed E-state index contributed by atoms with van der Waals surface area (Å²) in [6, 6.07) is 10.7. The molecule has 1 atom stereocenters. The second-order valence-electron chi connectivity index (χ2n) is 4.66. The van der Waals surface area contributed by atoms with Gasteiger partial charge in [-0.2, -0.15) is 0 Å². The second-order valence-corrected chi connectivity index (χ2v) is 6.37. The summed E-state index contributed by atoms with van der Waals surface area (Å²) in [5, 5.41) is 2.88. The van der Waals surface area contributed by atoms with Crippen molar-refractivity contribution in [1.29, 1.82) is 0 Å². The molecule has 2 rings (SSSR count). The molecule has 19 heavy (non-hydrogen) atoms. The van der Waals surface area contributed by atoms with Crippen molar-refractivity contribution in [2.45, 2.75) is 25.3 Å². The van der Waals surface area contributed by atoms with Crippen molar-refractivity contribution >= 4 is 40.2 Å². The molecule has 0 bridgehead atoms. The lowest BCUT2D eigenvalue weighted by atomic mass is 10.1. The number of hydrogen-bond acceptors (Lipinski definition) is 2. The molecule has 1 aromatic heterocycles. The minimum absolute atomic E-state index is 0.401. The monoisotopic (exact) mass is 313 g/mol. The molecule has 0 aliphatic heterocycles. The highest BCUT2D eigenvalue weighted by Gasteiger charge is 2.14. The van der Waals surface area contributed by atoms with Gasteiger partial charge in [-0.05, 0) is 36.1 Å². The Morgan fingerprint density at radius 1 is 1.32 bits per heavy atom. The lowest BCUT2D eigenvalue weighted by molar-refractivity contribution is 0.688. The number of benzene rings is 1. The molecule has 102 valence electrons. The molecular formula is C15H17Cl2NS. The van der Waals surface area contributed by atoms with Gasteiger partial charge in [0.1, 0.15) is 0 Å². The first-order valence-corrected chi connectivity index (χ1v) is 8.00. The number of thiophene rings is 1. The fraction of sp³-hybridized carbons (Fsp3) is 0.333. The average Bonchev–Trinajstić information content (AvgIpc) is 2.90. The van der Waals surface area contributed by atoms with Crippen LogP contribution in [0.2, 0.25) is 5.02 Å². The highest BCUT2D eigenvalue weighted by Crippen LogP contribution is 2.29. The third kappa shape index (κ3) is 3.65. The second kappa shape index (κ2) is 6.65. The van der Waals surface area contributed by atoms with E-state index in [1.165, 1.54) is 4.88 Å². The van der Waals surface area contributed by atoms with Crippen LogP contribution in [0.4, 0.5) is 5.69 Å². The van der Waals surface area contributed by atoms with Gasteiger partial charge in [-0.15, -0.1) is 22.9 Å². The van der Waals surface area contributed by atoms with Gasteiger partial charge in [0.25, 0.3) is 0 Å². The maximum Gasteiger partial charge on any atom is 0.0642 e. The van der Waals surface area contributed by atoms with Crippen LogP contribution in [0.5, 0.6) is 0 Å². The van der Waals surface area contributed by atoms with Crippen molar-refractivity contribution in [3.8, 4) is 0 Å². The maximum absolute atomic E-state index is 6.33. The third-order valence-electron chi connectivity index (χ3n) is 3.28. The first-order chi connectivity index (χ1) is 9.11. The summed E-state index contributed by atoms with van der Waals surface area (Å²) >= 11 is 13.9. The number of hydrogen-bond donors (Lipinski definition) is 0. The van der Waals surface area contributed by atoms with Crippen molar-refractivity contribution in [2.75, 3.05) is 11.9 Å². The smallest absolute Gasteiger partial charge is 0.0642 e. The quantitative estimate of drug-likeness (QED) is 0.685.